The highest BCUT2D eigenvalue weighted by Gasteiger charge is 2.24. The van der Waals surface area contributed by atoms with Gasteiger partial charge in [0.05, 0.1) is 26.2 Å². The molecule has 0 radical (unpaired) electrons. The maximum absolute atomic E-state index is 2.52. The van der Waals surface area contributed by atoms with E-state index in [0.717, 1.165) is 0 Å². The SMILES string of the molecule is CCCC[N+](CCCC)(CCCC)CCCCI.[Br-]. The highest BCUT2D eigenvalue weighted by Crippen LogP contribution is 2.16. The molecular formula is C16H35BrIN. The quantitative estimate of drug-likeness (QED) is 0.176. The van der Waals surface area contributed by atoms with Crippen molar-refractivity contribution in [3.8, 4) is 0 Å². The van der Waals surface area contributed by atoms with Crippen molar-refractivity contribution in [3.63, 3.8) is 0 Å². The monoisotopic (exact) mass is 447 g/mol. The summed E-state index contributed by atoms with van der Waals surface area (Å²) in [5, 5.41) is 0. The van der Waals surface area contributed by atoms with E-state index in [0.29, 0.717) is 0 Å². The van der Waals surface area contributed by atoms with E-state index in [1.807, 2.05) is 0 Å². The molecule has 0 saturated carbocycles. The fourth-order valence-electron chi connectivity index (χ4n) is 2.69. The molecule has 0 amide bonds. The van der Waals surface area contributed by atoms with Gasteiger partial charge in [0.25, 0.3) is 0 Å². The van der Waals surface area contributed by atoms with E-state index >= 15 is 0 Å². The minimum Gasteiger partial charge on any atom is -1.00 e. The number of rotatable bonds is 13. The Hall–Kier alpha value is 1.17. The average molecular weight is 448 g/mol. The molecule has 0 N–H and O–H groups in total. The zero-order valence-corrected chi connectivity index (χ0v) is 17.1. The molecule has 0 heterocycles. The summed E-state index contributed by atoms with van der Waals surface area (Å²) in [7, 11) is 0. The molecule has 0 aromatic heterocycles. The van der Waals surface area contributed by atoms with Crippen molar-refractivity contribution < 1.29 is 21.5 Å². The average Bonchev–Trinajstić information content (AvgIpc) is 2.40. The van der Waals surface area contributed by atoms with Gasteiger partial charge in [-0.2, -0.15) is 0 Å². The number of quaternary nitrogens is 1. The van der Waals surface area contributed by atoms with E-state index in [2.05, 4.69) is 43.4 Å². The number of unbranched alkanes of at least 4 members (excludes halogenated alkanes) is 4. The van der Waals surface area contributed by atoms with E-state index in [9.17, 15) is 0 Å². The lowest BCUT2D eigenvalue weighted by atomic mass is 10.1. The van der Waals surface area contributed by atoms with E-state index in [1.165, 1.54) is 86.5 Å². The van der Waals surface area contributed by atoms with E-state index < -0.39 is 0 Å². The van der Waals surface area contributed by atoms with E-state index in [4.69, 9.17) is 0 Å². The molecule has 0 rings (SSSR count). The van der Waals surface area contributed by atoms with Crippen LogP contribution in [-0.2, 0) is 0 Å². The minimum absolute atomic E-state index is 0. The second-order valence-electron chi connectivity index (χ2n) is 5.69. The van der Waals surface area contributed by atoms with E-state index in [1.54, 1.807) is 0 Å². The highest BCUT2D eigenvalue weighted by molar-refractivity contribution is 14.1. The molecule has 1 nitrogen and oxygen atoms in total. The smallest absolute Gasteiger partial charge is 0.0786 e. The van der Waals surface area contributed by atoms with Crippen molar-refractivity contribution in [2.75, 3.05) is 30.6 Å². The van der Waals surface area contributed by atoms with Gasteiger partial charge < -0.3 is 21.5 Å². The summed E-state index contributed by atoms with van der Waals surface area (Å²) >= 11 is 2.52. The summed E-state index contributed by atoms with van der Waals surface area (Å²) < 4.78 is 2.75. The van der Waals surface area contributed by atoms with Gasteiger partial charge >= 0.3 is 0 Å². The molecule has 0 aliphatic carbocycles. The van der Waals surface area contributed by atoms with Crippen molar-refractivity contribution in [2.24, 2.45) is 0 Å². The van der Waals surface area contributed by atoms with Crippen LogP contribution >= 0.6 is 22.6 Å². The van der Waals surface area contributed by atoms with E-state index in [-0.39, 0.29) is 17.0 Å². The number of hydrogen-bond donors (Lipinski definition) is 0. The van der Waals surface area contributed by atoms with Crippen LogP contribution in [0.25, 0.3) is 0 Å². The summed E-state index contributed by atoms with van der Waals surface area (Å²) in [6.07, 6.45) is 11.1. The van der Waals surface area contributed by atoms with Crippen LogP contribution in [0.3, 0.4) is 0 Å². The summed E-state index contributed by atoms with van der Waals surface area (Å²) in [6, 6.07) is 0. The lowest BCUT2D eigenvalue weighted by Gasteiger charge is -2.39. The van der Waals surface area contributed by atoms with Gasteiger partial charge in [0.1, 0.15) is 0 Å². The first-order chi connectivity index (χ1) is 8.74. The number of nitrogens with zero attached hydrogens (tertiary/aromatic N) is 1. The zero-order chi connectivity index (χ0) is 13.7. The Bertz CT molecular complexity index is 154. The molecule has 0 atom stereocenters. The van der Waals surface area contributed by atoms with Gasteiger partial charge in [0.15, 0.2) is 0 Å². The van der Waals surface area contributed by atoms with Crippen LogP contribution in [0.2, 0.25) is 0 Å². The molecule has 0 aliphatic heterocycles. The van der Waals surface area contributed by atoms with Gasteiger partial charge in [0, 0.05) is 0 Å². The lowest BCUT2D eigenvalue weighted by Crippen LogP contribution is -3.00. The maximum Gasteiger partial charge on any atom is 0.0786 e. The number of halogens is 2. The molecule has 19 heavy (non-hydrogen) atoms. The minimum atomic E-state index is 0. The van der Waals surface area contributed by atoms with Gasteiger partial charge in [-0.3, -0.25) is 0 Å². The van der Waals surface area contributed by atoms with Gasteiger partial charge in [-0.05, 0) is 36.5 Å². The first-order valence-corrected chi connectivity index (χ1v) is 9.68. The normalized spacial score (nSPS) is 11.4. The van der Waals surface area contributed by atoms with Gasteiger partial charge in [-0.15, -0.1) is 0 Å². The summed E-state index contributed by atoms with van der Waals surface area (Å²) in [4.78, 5) is 0. The highest BCUT2D eigenvalue weighted by atomic mass is 127. The van der Waals surface area contributed by atoms with Crippen LogP contribution in [0, 0.1) is 0 Å². The summed E-state index contributed by atoms with van der Waals surface area (Å²) in [5.41, 5.74) is 0. The Morgan fingerprint density at radius 3 is 1.32 bits per heavy atom. The van der Waals surface area contributed by atoms with Crippen molar-refractivity contribution in [1.29, 1.82) is 0 Å². The Labute approximate surface area is 146 Å². The molecule has 0 bridgehead atoms. The second-order valence-corrected chi connectivity index (χ2v) is 6.77. The van der Waals surface area contributed by atoms with Crippen molar-refractivity contribution >= 4 is 22.6 Å². The topological polar surface area (TPSA) is 0 Å². The third-order valence-corrected chi connectivity index (χ3v) is 4.74. The molecule has 0 aliphatic rings. The van der Waals surface area contributed by atoms with Gasteiger partial charge in [-0.1, -0.05) is 62.6 Å². The fourth-order valence-corrected chi connectivity index (χ4v) is 3.23. The molecule has 0 fully saturated rings. The van der Waals surface area contributed by atoms with Crippen molar-refractivity contribution in [2.45, 2.75) is 72.1 Å². The van der Waals surface area contributed by atoms with Crippen molar-refractivity contribution in [3.05, 3.63) is 0 Å². The molecule has 3 heteroatoms. The third kappa shape index (κ3) is 11.5. The van der Waals surface area contributed by atoms with Crippen molar-refractivity contribution in [1.82, 2.24) is 0 Å². The number of alkyl halides is 1. The first kappa shape index (κ1) is 22.5. The molecule has 0 unspecified atom stereocenters. The fraction of sp³-hybridized carbons (Fsp3) is 1.00. The van der Waals surface area contributed by atoms with Crippen LogP contribution in [0.4, 0.5) is 0 Å². The first-order valence-electron chi connectivity index (χ1n) is 8.15. The maximum atomic E-state index is 2.52. The Kier molecular flexibility index (Phi) is 18.4. The Morgan fingerprint density at radius 2 is 1.00 bits per heavy atom. The summed E-state index contributed by atoms with van der Waals surface area (Å²) in [5.74, 6) is 0. The zero-order valence-electron chi connectivity index (χ0n) is 13.4. The van der Waals surface area contributed by atoms with Crippen LogP contribution in [0.1, 0.15) is 72.1 Å². The lowest BCUT2D eigenvalue weighted by molar-refractivity contribution is -0.929. The van der Waals surface area contributed by atoms with Gasteiger partial charge in [0.2, 0.25) is 0 Å². The molecular weight excluding hydrogens is 413 g/mol. The van der Waals surface area contributed by atoms with Crippen LogP contribution in [0.5, 0.6) is 0 Å². The third-order valence-electron chi connectivity index (χ3n) is 3.97. The predicted molar refractivity (Wildman–Crippen MR) is 92.6 cm³/mol. The number of hydrogen-bond acceptors (Lipinski definition) is 0. The molecule has 118 valence electrons. The van der Waals surface area contributed by atoms with Crippen LogP contribution < -0.4 is 17.0 Å². The molecule has 0 aromatic rings. The van der Waals surface area contributed by atoms with Gasteiger partial charge in [-0.25, -0.2) is 0 Å². The second kappa shape index (κ2) is 15.6. The standard InChI is InChI=1S/C16H35IN.BrH/c1-4-7-13-18(14-8-5-2,15-9-6-3)16-11-10-12-17;/h4-16H2,1-3H3;1H/q+1;/p-1. The van der Waals surface area contributed by atoms with Crippen LogP contribution in [-0.4, -0.2) is 35.1 Å². The summed E-state index contributed by atoms with van der Waals surface area (Å²) in [6.45, 7) is 12.7. The van der Waals surface area contributed by atoms with Crippen LogP contribution in [0.15, 0.2) is 0 Å². The molecule has 0 aromatic carbocycles. The largest absolute Gasteiger partial charge is 1.00 e. The molecule has 0 spiro atoms. The Balaban J connectivity index is 0. The predicted octanol–water partition coefficient (Wildman–Crippen LogP) is 2.42. The Morgan fingerprint density at radius 1 is 0.632 bits per heavy atom. The molecule has 0 saturated heterocycles.